The van der Waals surface area contributed by atoms with Gasteiger partial charge in [0.1, 0.15) is 25.1 Å². The first-order valence-electron chi connectivity index (χ1n) is 10.8. The minimum atomic E-state index is -0.572. The Balaban J connectivity index is 1.68. The maximum absolute atomic E-state index is 13.3. The Hall–Kier alpha value is -3.65. The van der Waals surface area contributed by atoms with E-state index in [1.807, 2.05) is 41.4 Å². The Morgan fingerprint density at radius 2 is 1.91 bits per heavy atom. The van der Waals surface area contributed by atoms with E-state index in [1.165, 1.54) is 6.07 Å². The number of carbonyl (C=O) groups excluding carboxylic acids is 1. The fourth-order valence-electron chi connectivity index (χ4n) is 4.75. The smallest absolute Gasteiger partial charge is 0.278 e. The number of ether oxygens (including phenoxy) is 1. The summed E-state index contributed by atoms with van der Waals surface area (Å²) in [6.45, 7) is 1.01. The Kier molecular flexibility index (Phi) is 4.69. The van der Waals surface area contributed by atoms with Crippen LogP contribution in [-0.4, -0.2) is 40.4 Å². The van der Waals surface area contributed by atoms with Gasteiger partial charge in [-0.3, -0.25) is 19.3 Å². The Labute approximate surface area is 194 Å². The van der Waals surface area contributed by atoms with Gasteiger partial charge in [0.05, 0.1) is 0 Å². The highest BCUT2D eigenvalue weighted by Gasteiger charge is 2.39. The van der Waals surface area contributed by atoms with Crippen molar-refractivity contribution >= 4 is 17.7 Å². The van der Waals surface area contributed by atoms with Crippen LogP contribution in [0.25, 0.3) is 0 Å². The van der Waals surface area contributed by atoms with Crippen LogP contribution in [0.3, 0.4) is 0 Å². The molecule has 0 radical (unpaired) electrons. The van der Waals surface area contributed by atoms with Crippen molar-refractivity contribution in [2.45, 2.75) is 16.7 Å². The predicted molar refractivity (Wildman–Crippen MR) is 125 cm³/mol. The number of hydrogen-bond acceptors (Lipinski definition) is 6. The molecule has 3 aliphatic heterocycles. The first-order valence-corrected chi connectivity index (χ1v) is 11.7. The summed E-state index contributed by atoms with van der Waals surface area (Å²) in [5.74, 6) is 0.666. The molecule has 7 nitrogen and oxygen atoms in total. The molecule has 3 aliphatic rings. The molecule has 4 heterocycles. The average Bonchev–Trinajstić information content (AvgIpc) is 3.01. The van der Waals surface area contributed by atoms with E-state index in [9.17, 15) is 14.7 Å². The fraction of sp³-hybridized carbons (Fsp3) is 0.200. The van der Waals surface area contributed by atoms with Gasteiger partial charge in [0.15, 0.2) is 11.4 Å². The van der Waals surface area contributed by atoms with Crippen LogP contribution >= 0.6 is 11.8 Å². The van der Waals surface area contributed by atoms with E-state index in [4.69, 9.17) is 4.74 Å². The van der Waals surface area contributed by atoms with Crippen LogP contribution in [0.15, 0.2) is 76.6 Å². The van der Waals surface area contributed by atoms with Crippen molar-refractivity contribution in [2.24, 2.45) is 0 Å². The lowest BCUT2D eigenvalue weighted by Crippen LogP contribution is -2.55. The number of pyridine rings is 1. The molecular weight excluding hydrogens is 438 g/mol. The molecule has 1 amide bonds. The summed E-state index contributed by atoms with van der Waals surface area (Å²) in [7, 11) is 0. The van der Waals surface area contributed by atoms with Crippen LogP contribution in [0.2, 0.25) is 0 Å². The number of rotatable bonds is 0. The van der Waals surface area contributed by atoms with Gasteiger partial charge in [-0.15, -0.1) is 11.8 Å². The second-order valence-electron chi connectivity index (χ2n) is 8.17. The molecule has 8 heteroatoms. The number of amides is 1. The summed E-state index contributed by atoms with van der Waals surface area (Å²) < 4.78 is 7.84. The Morgan fingerprint density at radius 1 is 1.03 bits per heavy atom. The molecule has 0 spiro atoms. The van der Waals surface area contributed by atoms with Crippen LogP contribution in [0.5, 0.6) is 11.5 Å². The first kappa shape index (κ1) is 20.0. The SMILES string of the molecule is O=C1c2c(O)c(=O)ccn2N2CN1C/C=C/COc1cccc3c1C2c1ccccc1SC3. The van der Waals surface area contributed by atoms with Crippen LogP contribution in [0.4, 0.5) is 0 Å². The van der Waals surface area contributed by atoms with Gasteiger partial charge in [0.25, 0.3) is 5.91 Å². The van der Waals surface area contributed by atoms with Gasteiger partial charge in [-0.2, -0.15) is 0 Å². The molecule has 1 aromatic heterocycles. The van der Waals surface area contributed by atoms with Gasteiger partial charge in [0, 0.05) is 35.0 Å². The van der Waals surface area contributed by atoms with Crippen LogP contribution in [0, 0.1) is 0 Å². The Bertz CT molecular complexity index is 1370. The molecule has 6 rings (SSSR count). The molecule has 0 fully saturated rings. The van der Waals surface area contributed by atoms with Crippen molar-refractivity contribution in [2.75, 3.05) is 24.8 Å². The topological polar surface area (TPSA) is 75.0 Å². The summed E-state index contributed by atoms with van der Waals surface area (Å²) in [6.07, 6.45) is 5.35. The van der Waals surface area contributed by atoms with Crippen molar-refractivity contribution < 1.29 is 14.6 Å². The minimum Gasteiger partial charge on any atom is -0.502 e. The molecule has 1 N–H and O–H groups in total. The molecule has 1 atom stereocenters. The number of carbonyl (C=O) groups is 1. The summed E-state index contributed by atoms with van der Waals surface area (Å²) in [5, 5.41) is 12.7. The van der Waals surface area contributed by atoms with E-state index in [2.05, 4.69) is 18.2 Å². The molecule has 0 aliphatic carbocycles. The third kappa shape index (κ3) is 3.13. The second-order valence-corrected chi connectivity index (χ2v) is 9.19. The van der Waals surface area contributed by atoms with E-state index in [0.717, 1.165) is 33.1 Å². The minimum absolute atomic E-state index is 0.0178. The largest absolute Gasteiger partial charge is 0.502 e. The molecule has 0 saturated heterocycles. The van der Waals surface area contributed by atoms with E-state index < -0.39 is 11.2 Å². The maximum atomic E-state index is 13.3. The molecule has 0 saturated carbocycles. The van der Waals surface area contributed by atoms with E-state index in [1.54, 1.807) is 27.5 Å². The summed E-state index contributed by atoms with van der Waals surface area (Å²) in [4.78, 5) is 28.3. The van der Waals surface area contributed by atoms with Crippen LogP contribution in [-0.2, 0) is 5.75 Å². The lowest BCUT2D eigenvalue weighted by molar-refractivity contribution is 0.0701. The highest BCUT2D eigenvalue weighted by Crippen LogP contribution is 2.46. The lowest BCUT2D eigenvalue weighted by Gasteiger charge is -2.44. The number of hydrogen-bond donors (Lipinski definition) is 1. The average molecular weight is 460 g/mol. The Morgan fingerprint density at radius 3 is 2.82 bits per heavy atom. The first-order chi connectivity index (χ1) is 16.1. The third-order valence-electron chi connectivity index (χ3n) is 6.29. The standard InChI is InChI=1S/C25H21N3O4S/c29-18-10-12-27-23(24(18)30)25(31)26-11-3-4-13-32-19-8-5-6-16-14-33-20-9-2-1-7-17(20)22(21(16)19)28(27)15-26/h1-10,12,22,30H,11,13-15H2/b4-3+. The van der Waals surface area contributed by atoms with Crippen LogP contribution < -0.4 is 15.2 Å². The van der Waals surface area contributed by atoms with Gasteiger partial charge in [0.2, 0.25) is 5.43 Å². The second kappa shape index (κ2) is 7.74. The molecule has 33 heavy (non-hydrogen) atoms. The van der Waals surface area contributed by atoms with Crippen molar-refractivity contribution in [1.82, 2.24) is 9.58 Å². The van der Waals surface area contributed by atoms with E-state index >= 15 is 0 Å². The van der Waals surface area contributed by atoms with Crippen LogP contribution in [0.1, 0.15) is 33.2 Å². The molecule has 2 bridgehead atoms. The monoisotopic (exact) mass is 459 g/mol. The van der Waals surface area contributed by atoms with E-state index in [0.29, 0.717) is 13.2 Å². The number of fused-ring (bicyclic) bond motifs is 7. The quantitative estimate of drug-likeness (QED) is 0.521. The zero-order chi connectivity index (χ0) is 22.5. The zero-order valence-corrected chi connectivity index (χ0v) is 18.5. The van der Waals surface area contributed by atoms with Gasteiger partial charge in [-0.05, 0) is 29.3 Å². The molecule has 3 aromatic rings. The third-order valence-corrected chi connectivity index (χ3v) is 7.43. The summed E-state index contributed by atoms with van der Waals surface area (Å²) >= 11 is 1.77. The number of benzene rings is 2. The van der Waals surface area contributed by atoms with Gasteiger partial charge in [-0.25, -0.2) is 0 Å². The number of thioether (sulfide) groups is 1. The summed E-state index contributed by atoms with van der Waals surface area (Å²) in [5.41, 5.74) is 2.68. The van der Waals surface area contributed by atoms with Crippen molar-refractivity contribution in [3.05, 3.63) is 99.5 Å². The highest BCUT2D eigenvalue weighted by molar-refractivity contribution is 7.98. The van der Waals surface area contributed by atoms with Crippen molar-refractivity contribution in [1.29, 1.82) is 0 Å². The number of aromatic nitrogens is 1. The molecular formula is C25H21N3O4S. The normalized spacial score (nSPS) is 19.9. The molecule has 1 unspecified atom stereocenters. The van der Waals surface area contributed by atoms with Gasteiger partial charge in [-0.1, -0.05) is 36.4 Å². The van der Waals surface area contributed by atoms with Crippen molar-refractivity contribution in [3.8, 4) is 11.5 Å². The van der Waals surface area contributed by atoms with Crippen molar-refractivity contribution in [3.63, 3.8) is 0 Å². The maximum Gasteiger partial charge on any atom is 0.278 e. The summed E-state index contributed by atoms with van der Waals surface area (Å²) in [6, 6.07) is 15.3. The highest BCUT2D eigenvalue weighted by atomic mass is 32.2. The predicted octanol–water partition coefficient (Wildman–Crippen LogP) is 3.25. The number of nitrogens with zero attached hydrogens (tertiary/aromatic N) is 3. The molecule has 2 aromatic carbocycles. The molecule has 166 valence electrons. The van der Waals surface area contributed by atoms with Gasteiger partial charge < -0.3 is 14.7 Å². The van der Waals surface area contributed by atoms with E-state index in [-0.39, 0.29) is 24.3 Å². The fourth-order valence-corrected chi connectivity index (χ4v) is 5.84. The number of aromatic hydroxyl groups is 1. The van der Waals surface area contributed by atoms with Gasteiger partial charge >= 0.3 is 0 Å². The lowest BCUT2D eigenvalue weighted by atomic mass is 9.93. The zero-order valence-electron chi connectivity index (χ0n) is 17.7.